The molecule has 0 radical (unpaired) electrons. The van der Waals surface area contributed by atoms with Gasteiger partial charge in [0, 0.05) is 14.2 Å². The highest BCUT2D eigenvalue weighted by atomic mass is 19.2. The quantitative estimate of drug-likeness (QED) is 0.390. The molecule has 0 saturated heterocycles. The summed E-state index contributed by atoms with van der Waals surface area (Å²) in [5, 5.41) is 1.93. The van der Waals surface area contributed by atoms with Crippen LogP contribution in [0.4, 0.5) is 22.0 Å². The zero-order valence-electron chi connectivity index (χ0n) is 10.4. The molecule has 0 bridgehead atoms. The Balaban J connectivity index is 3.05. The first-order chi connectivity index (χ1) is 9.34. The molecule has 0 spiro atoms. The Morgan fingerprint density at radius 2 is 1.35 bits per heavy atom. The van der Waals surface area contributed by atoms with Crippen LogP contribution in [0, 0.1) is 29.1 Å². The van der Waals surface area contributed by atoms with E-state index in [1.165, 1.54) is 14.2 Å². The van der Waals surface area contributed by atoms with E-state index in [-0.39, 0.29) is 6.54 Å². The van der Waals surface area contributed by atoms with Crippen LogP contribution in [0.25, 0.3) is 0 Å². The molecule has 1 aromatic rings. The Bertz CT molecular complexity index is 490. The van der Waals surface area contributed by atoms with E-state index < -0.39 is 46.8 Å². The first kappa shape index (κ1) is 16.3. The Morgan fingerprint density at radius 1 is 0.950 bits per heavy atom. The van der Waals surface area contributed by atoms with Crippen molar-refractivity contribution in [3.05, 3.63) is 34.6 Å². The van der Waals surface area contributed by atoms with Crippen molar-refractivity contribution < 1.29 is 36.2 Å². The molecule has 1 amide bonds. The number of halogens is 5. The molecular weight excluding hydrogens is 289 g/mol. The van der Waals surface area contributed by atoms with Gasteiger partial charge in [-0.15, -0.1) is 0 Å². The van der Waals surface area contributed by atoms with Crippen molar-refractivity contribution in [3.63, 3.8) is 0 Å². The minimum absolute atomic E-state index is 0.342. The van der Waals surface area contributed by atoms with Crippen LogP contribution >= 0.6 is 0 Å². The molecule has 0 unspecified atom stereocenters. The average Bonchev–Trinajstić information content (AvgIpc) is 2.44. The molecule has 0 aliphatic heterocycles. The van der Waals surface area contributed by atoms with Gasteiger partial charge in [0.1, 0.15) is 5.56 Å². The van der Waals surface area contributed by atoms with Crippen molar-refractivity contribution in [2.75, 3.05) is 20.8 Å². The van der Waals surface area contributed by atoms with E-state index >= 15 is 0 Å². The average molecular weight is 299 g/mol. The fraction of sp³-hybridized carbons (Fsp3) is 0.364. The molecule has 1 rings (SSSR count). The predicted octanol–water partition coefficient (Wildman–Crippen LogP) is 1.73. The van der Waals surface area contributed by atoms with Gasteiger partial charge in [0.2, 0.25) is 5.82 Å². The number of carbonyl (C=O) groups excluding carboxylic acids is 1. The fourth-order valence-electron chi connectivity index (χ4n) is 1.33. The minimum atomic E-state index is -2.33. The van der Waals surface area contributed by atoms with Crippen LogP contribution in [0.15, 0.2) is 0 Å². The molecule has 0 saturated carbocycles. The fourth-order valence-corrected chi connectivity index (χ4v) is 1.33. The second-order valence-corrected chi connectivity index (χ2v) is 3.56. The van der Waals surface area contributed by atoms with E-state index in [1.54, 1.807) is 0 Å². The second-order valence-electron chi connectivity index (χ2n) is 3.56. The van der Waals surface area contributed by atoms with Crippen LogP contribution in [0.5, 0.6) is 0 Å². The number of rotatable bonds is 5. The number of ether oxygens (including phenoxy) is 2. The Kier molecular flexibility index (Phi) is 5.40. The van der Waals surface area contributed by atoms with Crippen LogP contribution < -0.4 is 5.32 Å². The number of methoxy groups -OCH3 is 2. The van der Waals surface area contributed by atoms with Crippen molar-refractivity contribution in [2.45, 2.75) is 6.29 Å². The third-order valence-corrected chi connectivity index (χ3v) is 2.39. The lowest BCUT2D eigenvalue weighted by molar-refractivity contribution is -0.0974. The van der Waals surface area contributed by atoms with E-state index in [1.807, 2.05) is 5.32 Å². The van der Waals surface area contributed by atoms with E-state index in [0.29, 0.717) is 0 Å². The first-order valence-electron chi connectivity index (χ1n) is 5.20. The summed E-state index contributed by atoms with van der Waals surface area (Å²) < 4.78 is 74.5. The van der Waals surface area contributed by atoms with Crippen molar-refractivity contribution in [1.82, 2.24) is 5.32 Å². The van der Waals surface area contributed by atoms with Gasteiger partial charge in [-0.05, 0) is 0 Å². The van der Waals surface area contributed by atoms with Gasteiger partial charge in [0.25, 0.3) is 5.91 Å². The molecule has 0 aliphatic carbocycles. The highest BCUT2D eigenvalue weighted by Crippen LogP contribution is 2.22. The number of carbonyl (C=O) groups is 1. The highest BCUT2D eigenvalue weighted by Gasteiger charge is 2.29. The number of hydrogen-bond acceptors (Lipinski definition) is 3. The molecule has 112 valence electrons. The maximum atomic E-state index is 13.3. The van der Waals surface area contributed by atoms with Gasteiger partial charge in [0.15, 0.2) is 29.6 Å². The summed E-state index contributed by atoms with van der Waals surface area (Å²) in [5.74, 6) is -12.6. The van der Waals surface area contributed by atoms with E-state index in [4.69, 9.17) is 0 Å². The van der Waals surface area contributed by atoms with Gasteiger partial charge in [0.05, 0.1) is 6.54 Å². The predicted molar refractivity (Wildman–Crippen MR) is 56.4 cm³/mol. The third kappa shape index (κ3) is 3.05. The van der Waals surface area contributed by atoms with Crippen molar-refractivity contribution in [3.8, 4) is 0 Å². The zero-order valence-corrected chi connectivity index (χ0v) is 10.4. The third-order valence-electron chi connectivity index (χ3n) is 2.39. The SMILES string of the molecule is COC(CNC(=O)c1c(F)c(F)c(F)c(F)c1F)OC. The number of amides is 1. The lowest BCUT2D eigenvalue weighted by atomic mass is 10.1. The summed E-state index contributed by atoms with van der Waals surface area (Å²) in [6, 6.07) is 0. The summed E-state index contributed by atoms with van der Waals surface area (Å²) in [4.78, 5) is 11.5. The number of nitrogens with one attached hydrogen (secondary N) is 1. The summed E-state index contributed by atoms with van der Waals surface area (Å²) in [6.45, 7) is -0.342. The van der Waals surface area contributed by atoms with Crippen LogP contribution in [0.3, 0.4) is 0 Å². The zero-order chi connectivity index (χ0) is 15.4. The van der Waals surface area contributed by atoms with Crippen molar-refractivity contribution >= 4 is 5.91 Å². The first-order valence-corrected chi connectivity index (χ1v) is 5.20. The van der Waals surface area contributed by atoms with Gasteiger partial charge in [-0.25, -0.2) is 22.0 Å². The summed E-state index contributed by atoms with van der Waals surface area (Å²) in [7, 11) is 2.47. The standard InChI is InChI=1S/C11H10F5NO3/c1-19-4(20-2)3-17-11(18)5-6(12)8(14)10(16)9(15)7(5)13/h4H,3H2,1-2H3,(H,17,18). The van der Waals surface area contributed by atoms with Gasteiger partial charge < -0.3 is 14.8 Å². The smallest absolute Gasteiger partial charge is 0.257 e. The molecule has 0 aliphatic rings. The largest absolute Gasteiger partial charge is 0.354 e. The molecular formula is C11H10F5NO3. The number of benzene rings is 1. The second kappa shape index (κ2) is 6.62. The molecule has 4 nitrogen and oxygen atoms in total. The number of hydrogen-bond donors (Lipinski definition) is 1. The van der Waals surface area contributed by atoms with Crippen molar-refractivity contribution in [1.29, 1.82) is 0 Å². The Labute approximate surface area is 110 Å². The lowest BCUT2D eigenvalue weighted by Gasteiger charge is -2.14. The molecule has 0 fully saturated rings. The molecule has 9 heteroatoms. The maximum absolute atomic E-state index is 13.3. The molecule has 0 atom stereocenters. The maximum Gasteiger partial charge on any atom is 0.257 e. The van der Waals surface area contributed by atoms with Crippen LogP contribution in [-0.2, 0) is 9.47 Å². The van der Waals surface area contributed by atoms with Gasteiger partial charge in [-0.2, -0.15) is 0 Å². The van der Waals surface area contributed by atoms with Gasteiger partial charge >= 0.3 is 0 Å². The van der Waals surface area contributed by atoms with E-state index in [2.05, 4.69) is 9.47 Å². The highest BCUT2D eigenvalue weighted by molar-refractivity contribution is 5.94. The summed E-state index contributed by atoms with van der Waals surface area (Å²) in [5.41, 5.74) is -1.56. The lowest BCUT2D eigenvalue weighted by Crippen LogP contribution is -2.35. The molecule has 1 N–H and O–H groups in total. The Morgan fingerprint density at radius 3 is 1.75 bits per heavy atom. The summed E-state index contributed by atoms with van der Waals surface area (Å²) >= 11 is 0. The molecule has 1 aromatic carbocycles. The van der Waals surface area contributed by atoms with Gasteiger partial charge in [-0.1, -0.05) is 0 Å². The van der Waals surface area contributed by atoms with E-state index in [0.717, 1.165) is 0 Å². The monoisotopic (exact) mass is 299 g/mol. The Hall–Kier alpha value is -1.74. The molecule has 20 heavy (non-hydrogen) atoms. The van der Waals surface area contributed by atoms with Crippen LogP contribution in [0.1, 0.15) is 10.4 Å². The van der Waals surface area contributed by atoms with E-state index in [9.17, 15) is 26.7 Å². The minimum Gasteiger partial charge on any atom is -0.354 e. The molecule has 0 aromatic heterocycles. The molecule has 0 heterocycles. The summed E-state index contributed by atoms with van der Waals surface area (Å²) in [6.07, 6.45) is -0.930. The topological polar surface area (TPSA) is 47.6 Å². The van der Waals surface area contributed by atoms with Gasteiger partial charge in [-0.3, -0.25) is 4.79 Å². The van der Waals surface area contributed by atoms with Crippen LogP contribution in [0.2, 0.25) is 0 Å². The van der Waals surface area contributed by atoms with Crippen molar-refractivity contribution in [2.24, 2.45) is 0 Å². The normalized spacial score (nSPS) is 11.0. The van der Waals surface area contributed by atoms with Crippen LogP contribution in [-0.4, -0.2) is 33.0 Å².